The molecule has 0 aromatic heterocycles. The topological polar surface area (TPSA) is 123 Å². The molecule has 0 atom stereocenters. The number of allylic oxidation sites excluding steroid dienone is 1. The van der Waals surface area contributed by atoms with Crippen molar-refractivity contribution in [3.8, 4) is 0 Å². The molecule has 3 rings (SSSR count). The molecule has 1 N–H and O–H groups in total. The third-order valence-corrected chi connectivity index (χ3v) is 5.57. The number of benzene rings is 2. The van der Waals surface area contributed by atoms with Gasteiger partial charge in [-0.05, 0) is 12.1 Å². The third-order valence-electron chi connectivity index (χ3n) is 4.78. The quantitative estimate of drug-likeness (QED) is 0.233. The predicted octanol–water partition coefficient (Wildman–Crippen LogP) is -0.576. The normalized spacial score (nSPS) is 14.2. The number of hydrogen-bond donors (Lipinski definition) is 1. The Balaban J connectivity index is 0.000000945. The molecule has 1 heterocycles. The van der Waals surface area contributed by atoms with E-state index in [0.717, 1.165) is 22.6 Å². The second kappa shape index (κ2) is 12.9. The van der Waals surface area contributed by atoms with Crippen LogP contribution in [0.2, 0.25) is 0 Å². The summed E-state index contributed by atoms with van der Waals surface area (Å²) in [7, 11) is -7.33. The Morgan fingerprint density at radius 2 is 1.78 bits per heavy atom. The smallest absolute Gasteiger partial charge is 0.748 e. The van der Waals surface area contributed by atoms with Crippen molar-refractivity contribution in [2.75, 3.05) is 17.6 Å². The molecule has 0 saturated carbocycles. The average Bonchev–Trinajstić information content (AvgIpc) is 2.89. The van der Waals surface area contributed by atoms with Crippen LogP contribution < -0.4 is 56.7 Å². The van der Waals surface area contributed by atoms with E-state index in [1.807, 2.05) is 60.8 Å². The molecular formula is C21H23KN2O6S2. The first-order valence-electron chi connectivity index (χ1n) is 9.36. The van der Waals surface area contributed by atoms with Gasteiger partial charge in [-0.25, -0.2) is 13.0 Å². The van der Waals surface area contributed by atoms with Gasteiger partial charge in [0.2, 0.25) is 0 Å². The zero-order valence-electron chi connectivity index (χ0n) is 18.1. The van der Waals surface area contributed by atoms with Crippen LogP contribution in [0.25, 0.3) is 0 Å². The van der Waals surface area contributed by atoms with Crippen LogP contribution in [0.4, 0.5) is 11.4 Å². The van der Waals surface area contributed by atoms with E-state index in [-0.39, 0.29) is 69.0 Å². The molecular weight excluding hydrogens is 479 g/mol. The third kappa shape index (κ3) is 8.63. The molecule has 11 heteroatoms. The standard InChI is InChI=1S/C21H23N2O3S.K.O3S/c1-21(2)18-11-6-7-12-19(18)23(15-8-16-27(24,25)26)20(21)13-14-22-17-9-4-3-5-10-17;;1-4(2)3/h3-5,7,9-14H,8,15-16H2,1-2H3,(H,24,25,26);;/q-1;+1;. The molecule has 0 aliphatic carbocycles. The molecule has 0 bridgehead atoms. The molecule has 0 saturated heterocycles. The second-order valence-corrected chi connectivity index (χ2v) is 9.20. The van der Waals surface area contributed by atoms with E-state index in [1.165, 1.54) is 0 Å². The number of nitrogens with zero attached hydrogens (tertiary/aromatic N) is 1. The van der Waals surface area contributed by atoms with Crippen molar-refractivity contribution in [2.24, 2.45) is 0 Å². The fourth-order valence-corrected chi connectivity index (χ4v) is 3.94. The van der Waals surface area contributed by atoms with Crippen molar-refractivity contribution in [3.05, 3.63) is 72.4 Å². The second-order valence-electron chi connectivity index (χ2n) is 7.27. The van der Waals surface area contributed by atoms with Crippen molar-refractivity contribution in [2.45, 2.75) is 25.7 Å². The molecule has 8 nitrogen and oxygen atoms in total. The summed E-state index contributed by atoms with van der Waals surface area (Å²) < 4.78 is 60.4. The van der Waals surface area contributed by atoms with Crippen molar-refractivity contribution in [3.63, 3.8) is 0 Å². The zero-order chi connectivity index (χ0) is 23.1. The molecule has 0 amide bonds. The first-order chi connectivity index (χ1) is 14.5. The van der Waals surface area contributed by atoms with Crippen molar-refractivity contribution in [1.29, 1.82) is 0 Å². The van der Waals surface area contributed by atoms with Crippen molar-refractivity contribution >= 4 is 37.8 Å². The van der Waals surface area contributed by atoms with E-state index in [4.69, 9.17) is 12.6 Å². The van der Waals surface area contributed by atoms with Crippen LogP contribution in [0.3, 0.4) is 0 Å². The Hall–Kier alpha value is -1.18. The van der Waals surface area contributed by atoms with Gasteiger partial charge in [0.25, 0.3) is 0 Å². The maximum absolute atomic E-state index is 11.0. The first-order valence-corrected chi connectivity index (χ1v) is 11.9. The van der Waals surface area contributed by atoms with Crippen LogP contribution in [0, 0.1) is 6.07 Å². The fraction of sp³-hybridized carbons (Fsp3) is 0.286. The molecule has 2 aromatic rings. The number of rotatable bonds is 7. The van der Waals surface area contributed by atoms with Gasteiger partial charge in [0, 0.05) is 35.6 Å². The largest absolute Gasteiger partial charge is 1.00 e. The predicted molar refractivity (Wildman–Crippen MR) is 116 cm³/mol. The number of para-hydroxylation sites is 1. The van der Waals surface area contributed by atoms with Crippen LogP contribution in [0.1, 0.15) is 25.8 Å². The van der Waals surface area contributed by atoms with Crippen LogP contribution in [0.5, 0.6) is 0 Å². The van der Waals surface area contributed by atoms with E-state index < -0.39 is 20.7 Å². The zero-order valence-corrected chi connectivity index (χ0v) is 22.9. The first kappa shape index (κ1) is 28.8. The Bertz CT molecular complexity index is 1190. The van der Waals surface area contributed by atoms with Crippen molar-refractivity contribution < 1.29 is 81.6 Å². The van der Waals surface area contributed by atoms with Gasteiger partial charge in [0.15, 0.2) is 5.71 Å². The monoisotopic (exact) mass is 502 g/mol. The summed E-state index contributed by atoms with van der Waals surface area (Å²) in [6.07, 6.45) is 4.18. The minimum atomic E-state index is -4.21. The summed E-state index contributed by atoms with van der Waals surface area (Å²) >= 11 is 0. The van der Waals surface area contributed by atoms with Crippen LogP contribution in [-0.2, 0) is 26.1 Å². The van der Waals surface area contributed by atoms with Gasteiger partial charge in [-0.2, -0.15) is 18.2 Å². The molecule has 32 heavy (non-hydrogen) atoms. The summed E-state index contributed by atoms with van der Waals surface area (Å²) in [5.74, 6) is -0.364. The maximum atomic E-state index is 11.0. The van der Waals surface area contributed by atoms with Crippen LogP contribution in [0.15, 0.2) is 60.8 Å². The molecule has 0 unspecified atom stereocenters. The molecule has 0 radical (unpaired) electrons. The minimum absolute atomic E-state index is 0. The molecule has 0 fully saturated rings. The van der Waals surface area contributed by atoms with Gasteiger partial charge in [0.05, 0.1) is 10.1 Å². The van der Waals surface area contributed by atoms with Gasteiger partial charge >= 0.3 is 62.0 Å². The summed E-state index contributed by atoms with van der Waals surface area (Å²) in [4.78, 5) is 0. The molecule has 2 aromatic carbocycles. The number of fused-ring (bicyclic) bond motifs is 1. The number of hydrogen-bond acceptors (Lipinski definition) is 7. The van der Waals surface area contributed by atoms with Gasteiger partial charge in [-0.3, -0.25) is 0 Å². The Morgan fingerprint density at radius 1 is 1.16 bits per heavy atom. The van der Waals surface area contributed by atoms with Gasteiger partial charge in [-0.1, -0.05) is 37.6 Å². The molecule has 0 spiro atoms. The SMILES string of the molecule is CC1(C)C(/C=C/Nc2ccccc2)=[N+](CCCS(=O)(=O)[O-])c2cc[c-]cc21.O=S(=O)=O.[K+]. The van der Waals surface area contributed by atoms with Crippen LogP contribution >= 0.6 is 0 Å². The van der Waals surface area contributed by atoms with Gasteiger partial charge in [0.1, 0.15) is 12.2 Å². The minimum Gasteiger partial charge on any atom is -0.748 e. The fourth-order valence-electron chi connectivity index (χ4n) is 3.45. The van der Waals surface area contributed by atoms with Crippen molar-refractivity contribution in [1.82, 2.24) is 0 Å². The maximum Gasteiger partial charge on any atom is 1.00 e. The number of nitrogens with one attached hydrogen (secondary N) is 1. The average molecular weight is 503 g/mol. The van der Waals surface area contributed by atoms with E-state index in [0.29, 0.717) is 6.54 Å². The molecule has 1 aliphatic heterocycles. The summed E-state index contributed by atoms with van der Waals surface area (Å²) in [6.45, 7) is 4.73. The summed E-state index contributed by atoms with van der Waals surface area (Å²) in [6, 6.07) is 18.8. The summed E-state index contributed by atoms with van der Waals surface area (Å²) in [5.41, 5.74) is 3.94. The van der Waals surface area contributed by atoms with Crippen LogP contribution in [-0.4, -0.2) is 48.2 Å². The molecule has 166 valence electrons. The van der Waals surface area contributed by atoms with E-state index in [1.54, 1.807) is 0 Å². The Morgan fingerprint density at radius 3 is 2.38 bits per heavy atom. The molecule has 1 aliphatic rings. The van der Waals surface area contributed by atoms with Gasteiger partial charge < -0.3 is 9.87 Å². The number of anilines is 1. The summed E-state index contributed by atoms with van der Waals surface area (Å²) in [5, 5.41) is 3.26. The van der Waals surface area contributed by atoms with Gasteiger partial charge in [-0.15, -0.1) is 18.7 Å². The Labute approximate surface area is 232 Å². The van der Waals surface area contributed by atoms with E-state index >= 15 is 0 Å². The van der Waals surface area contributed by atoms with E-state index in [2.05, 4.69) is 29.8 Å². The Kier molecular flexibility index (Phi) is 11.6. The van der Waals surface area contributed by atoms with E-state index in [9.17, 15) is 13.0 Å².